The van der Waals surface area contributed by atoms with Crippen LogP contribution in [0.2, 0.25) is 0 Å². The van der Waals surface area contributed by atoms with E-state index in [4.69, 9.17) is 9.84 Å². The third-order valence-corrected chi connectivity index (χ3v) is 3.41. The van der Waals surface area contributed by atoms with Gasteiger partial charge in [0, 0.05) is 19.1 Å². The molecule has 8 heteroatoms. The number of nitrogens with one attached hydrogen (secondary N) is 2. The number of hydrogen-bond acceptors (Lipinski definition) is 5. The Kier molecular flexibility index (Phi) is 6.61. The van der Waals surface area contributed by atoms with E-state index in [0.717, 1.165) is 0 Å². The first-order chi connectivity index (χ1) is 10.3. The number of carbonyl (C=O) groups is 3. The molecule has 0 aromatic rings. The van der Waals surface area contributed by atoms with Gasteiger partial charge in [-0.25, -0.2) is 4.79 Å². The van der Waals surface area contributed by atoms with Gasteiger partial charge in [0.25, 0.3) is 0 Å². The molecule has 3 amide bonds. The normalized spacial score (nSPS) is 16.1. The Morgan fingerprint density at radius 2 is 1.82 bits per heavy atom. The van der Waals surface area contributed by atoms with Crippen LogP contribution in [0, 0.1) is 0 Å². The van der Waals surface area contributed by atoms with Gasteiger partial charge in [-0.2, -0.15) is 0 Å². The van der Waals surface area contributed by atoms with Gasteiger partial charge in [-0.15, -0.1) is 0 Å². The van der Waals surface area contributed by atoms with Gasteiger partial charge in [-0.3, -0.25) is 9.59 Å². The Bertz CT molecular complexity index is 417. The maximum absolute atomic E-state index is 11.8. The maximum Gasteiger partial charge on any atom is 0.409 e. The summed E-state index contributed by atoms with van der Waals surface area (Å²) >= 11 is 0. The minimum absolute atomic E-state index is 0.152. The van der Waals surface area contributed by atoms with Gasteiger partial charge >= 0.3 is 17.9 Å². The van der Waals surface area contributed by atoms with E-state index in [1.165, 1.54) is 0 Å². The number of piperidine rings is 1. The van der Waals surface area contributed by atoms with Gasteiger partial charge in [-0.1, -0.05) is 0 Å². The average Bonchev–Trinajstić information content (AvgIpc) is 2.47. The van der Waals surface area contributed by atoms with Gasteiger partial charge in [0.1, 0.15) is 0 Å². The summed E-state index contributed by atoms with van der Waals surface area (Å²) in [4.78, 5) is 36.7. The summed E-state index contributed by atoms with van der Waals surface area (Å²) in [6.45, 7) is 6.02. The third kappa shape index (κ3) is 5.51. The van der Waals surface area contributed by atoms with E-state index >= 15 is 0 Å². The molecule has 0 atom stereocenters. The SMILES string of the molecule is CCOC(=O)N1CCC(NC(=O)C(=O)NC(C)(C)CO)CC1. The van der Waals surface area contributed by atoms with Crippen molar-refractivity contribution >= 4 is 17.9 Å². The lowest BCUT2D eigenvalue weighted by molar-refractivity contribution is -0.141. The topological polar surface area (TPSA) is 108 Å². The van der Waals surface area contributed by atoms with Crippen molar-refractivity contribution in [2.75, 3.05) is 26.3 Å². The van der Waals surface area contributed by atoms with E-state index < -0.39 is 17.4 Å². The molecule has 0 bridgehead atoms. The Hall–Kier alpha value is -1.83. The molecule has 126 valence electrons. The minimum atomic E-state index is -0.846. The van der Waals surface area contributed by atoms with Gasteiger partial charge in [0.05, 0.1) is 18.8 Å². The van der Waals surface area contributed by atoms with E-state index in [0.29, 0.717) is 32.5 Å². The zero-order valence-corrected chi connectivity index (χ0v) is 13.3. The Morgan fingerprint density at radius 3 is 2.32 bits per heavy atom. The van der Waals surface area contributed by atoms with Crippen molar-refractivity contribution < 1.29 is 24.2 Å². The predicted molar refractivity (Wildman–Crippen MR) is 79.1 cm³/mol. The second kappa shape index (κ2) is 7.98. The van der Waals surface area contributed by atoms with E-state index in [1.807, 2.05) is 0 Å². The fourth-order valence-corrected chi connectivity index (χ4v) is 2.08. The van der Waals surface area contributed by atoms with E-state index in [9.17, 15) is 14.4 Å². The highest BCUT2D eigenvalue weighted by molar-refractivity contribution is 6.35. The molecule has 1 saturated heterocycles. The molecule has 1 aliphatic heterocycles. The predicted octanol–water partition coefficient (Wildman–Crippen LogP) is -0.389. The first kappa shape index (κ1) is 18.2. The standard InChI is InChI=1S/C14H25N3O5/c1-4-22-13(21)17-7-5-10(6-8-17)15-11(19)12(20)16-14(2,3)9-18/h10,18H,4-9H2,1-3H3,(H,15,19)(H,16,20). The average molecular weight is 315 g/mol. The van der Waals surface area contributed by atoms with Crippen molar-refractivity contribution in [3.63, 3.8) is 0 Å². The van der Waals surface area contributed by atoms with E-state index in [-0.39, 0.29) is 18.7 Å². The number of nitrogens with zero attached hydrogens (tertiary/aromatic N) is 1. The third-order valence-electron chi connectivity index (χ3n) is 3.41. The number of aliphatic hydroxyl groups excluding tert-OH is 1. The quantitative estimate of drug-likeness (QED) is 0.612. The molecule has 8 nitrogen and oxygen atoms in total. The highest BCUT2D eigenvalue weighted by Crippen LogP contribution is 2.11. The van der Waals surface area contributed by atoms with Crippen LogP contribution in [-0.4, -0.2) is 65.8 Å². The highest BCUT2D eigenvalue weighted by atomic mass is 16.6. The monoisotopic (exact) mass is 315 g/mol. The molecule has 1 rings (SSSR count). The molecular formula is C14H25N3O5. The largest absolute Gasteiger partial charge is 0.450 e. The molecule has 1 fully saturated rings. The van der Waals surface area contributed by atoms with Gasteiger partial charge in [-0.05, 0) is 33.6 Å². The van der Waals surface area contributed by atoms with Gasteiger partial charge in [0.2, 0.25) is 0 Å². The summed E-state index contributed by atoms with van der Waals surface area (Å²) in [5.74, 6) is -1.50. The molecular weight excluding hydrogens is 290 g/mol. The van der Waals surface area contributed by atoms with Crippen LogP contribution in [-0.2, 0) is 14.3 Å². The lowest BCUT2D eigenvalue weighted by Gasteiger charge is -2.31. The fraction of sp³-hybridized carbons (Fsp3) is 0.786. The van der Waals surface area contributed by atoms with Crippen molar-refractivity contribution in [3.05, 3.63) is 0 Å². The second-order valence-electron chi connectivity index (χ2n) is 5.93. The van der Waals surface area contributed by atoms with Crippen LogP contribution in [0.15, 0.2) is 0 Å². The van der Waals surface area contributed by atoms with Crippen LogP contribution in [0.3, 0.4) is 0 Å². The number of carbonyl (C=O) groups excluding carboxylic acids is 3. The Labute approximate surface area is 130 Å². The number of likely N-dealkylation sites (tertiary alicyclic amines) is 1. The van der Waals surface area contributed by atoms with Gasteiger partial charge < -0.3 is 25.4 Å². The first-order valence-electron chi connectivity index (χ1n) is 7.44. The summed E-state index contributed by atoms with van der Waals surface area (Å²) in [5, 5.41) is 14.2. The van der Waals surface area contributed by atoms with Crippen molar-refractivity contribution in [1.29, 1.82) is 0 Å². The lowest BCUT2D eigenvalue weighted by atomic mass is 10.1. The summed E-state index contributed by atoms with van der Waals surface area (Å²) in [6.07, 6.45) is 0.789. The molecule has 3 N–H and O–H groups in total. The van der Waals surface area contributed by atoms with Crippen LogP contribution in [0.5, 0.6) is 0 Å². The first-order valence-corrected chi connectivity index (χ1v) is 7.44. The number of rotatable bonds is 4. The zero-order chi connectivity index (χ0) is 16.8. The number of hydrogen-bond donors (Lipinski definition) is 3. The maximum atomic E-state index is 11.8. The number of amides is 3. The smallest absolute Gasteiger partial charge is 0.409 e. The van der Waals surface area contributed by atoms with Gasteiger partial charge in [0.15, 0.2) is 0 Å². The van der Waals surface area contributed by atoms with Crippen molar-refractivity contribution in [1.82, 2.24) is 15.5 Å². The molecule has 0 radical (unpaired) electrons. The minimum Gasteiger partial charge on any atom is -0.450 e. The van der Waals surface area contributed by atoms with Crippen LogP contribution >= 0.6 is 0 Å². The van der Waals surface area contributed by atoms with Crippen LogP contribution in [0.25, 0.3) is 0 Å². The Balaban J connectivity index is 2.38. The zero-order valence-electron chi connectivity index (χ0n) is 13.3. The molecule has 0 aliphatic carbocycles. The lowest BCUT2D eigenvalue weighted by Crippen LogP contribution is -2.54. The van der Waals surface area contributed by atoms with Crippen LogP contribution in [0.1, 0.15) is 33.6 Å². The van der Waals surface area contributed by atoms with Crippen LogP contribution in [0.4, 0.5) is 4.79 Å². The van der Waals surface area contributed by atoms with Crippen LogP contribution < -0.4 is 10.6 Å². The molecule has 22 heavy (non-hydrogen) atoms. The van der Waals surface area contributed by atoms with E-state index in [1.54, 1.807) is 25.7 Å². The molecule has 0 spiro atoms. The number of aliphatic hydroxyl groups is 1. The van der Waals surface area contributed by atoms with Crippen molar-refractivity contribution in [2.45, 2.75) is 45.2 Å². The van der Waals surface area contributed by atoms with Crippen molar-refractivity contribution in [2.24, 2.45) is 0 Å². The summed E-state index contributed by atoms with van der Waals surface area (Å²) in [7, 11) is 0. The molecule has 0 aromatic heterocycles. The highest BCUT2D eigenvalue weighted by Gasteiger charge is 2.28. The Morgan fingerprint density at radius 1 is 1.23 bits per heavy atom. The van der Waals surface area contributed by atoms with E-state index in [2.05, 4.69) is 10.6 Å². The molecule has 0 saturated carbocycles. The molecule has 1 heterocycles. The number of ether oxygens (including phenoxy) is 1. The summed E-state index contributed by atoms with van der Waals surface area (Å²) < 4.78 is 4.91. The van der Waals surface area contributed by atoms with Crippen molar-refractivity contribution in [3.8, 4) is 0 Å². The molecule has 0 unspecified atom stereocenters. The summed E-state index contributed by atoms with van der Waals surface area (Å²) in [5.41, 5.74) is -0.846. The molecule has 0 aromatic carbocycles. The fourth-order valence-electron chi connectivity index (χ4n) is 2.08. The second-order valence-corrected chi connectivity index (χ2v) is 5.93. The molecule has 1 aliphatic rings. The summed E-state index contributed by atoms with van der Waals surface area (Å²) in [6, 6.07) is -0.152.